The van der Waals surface area contributed by atoms with Gasteiger partial charge in [-0.15, -0.1) is 0 Å². The van der Waals surface area contributed by atoms with Crippen LogP contribution < -0.4 is 10.5 Å². The fraction of sp³-hybridized carbons (Fsp3) is 0.222. The summed E-state index contributed by atoms with van der Waals surface area (Å²) in [6.07, 6.45) is 0.204. The van der Waals surface area contributed by atoms with E-state index in [-0.39, 0.29) is 6.42 Å². The summed E-state index contributed by atoms with van der Waals surface area (Å²) < 4.78 is 22.8. The smallest absolute Gasteiger partial charge is 0.320 e. The summed E-state index contributed by atoms with van der Waals surface area (Å²) in [5.74, 6) is -1.07. The van der Waals surface area contributed by atoms with Gasteiger partial charge in [0.1, 0.15) is 6.04 Å². The summed E-state index contributed by atoms with van der Waals surface area (Å²) in [6.45, 7) is 0. The van der Waals surface area contributed by atoms with Crippen LogP contribution in [-0.4, -0.2) is 25.9 Å². The largest absolute Gasteiger partial charge is 0.755 e. The highest BCUT2D eigenvalue weighted by atomic mass is 32.2. The zero-order valence-electron chi connectivity index (χ0n) is 8.25. The molecule has 1 rings (SSSR count). The Morgan fingerprint density at radius 2 is 2.06 bits per heavy atom. The quantitative estimate of drug-likeness (QED) is 0.622. The van der Waals surface area contributed by atoms with Gasteiger partial charge < -0.3 is 20.1 Å². The number of aliphatic carboxylic acids is 1. The Morgan fingerprint density at radius 3 is 2.50 bits per heavy atom. The molecule has 16 heavy (non-hydrogen) atoms. The van der Waals surface area contributed by atoms with Crippen molar-refractivity contribution in [1.82, 2.24) is 0 Å². The standard InChI is InChI=1S/C9H12N2O4S/c10-8(9(12)13)5-6-1-3-7(4-2-6)11-16(14)15/h1-4,8,11H,5,10H2,(H,12,13)(H,14,15)/p-1/t8-/m0/s1. The second-order valence-corrected chi connectivity index (χ2v) is 3.86. The number of nitrogens with two attached hydrogens (primary N) is 1. The van der Waals surface area contributed by atoms with Crippen LogP contribution in [0.3, 0.4) is 0 Å². The first-order valence-electron chi connectivity index (χ1n) is 4.42. The van der Waals surface area contributed by atoms with Gasteiger partial charge in [-0.3, -0.25) is 9.00 Å². The third-order valence-corrected chi connectivity index (χ3v) is 2.33. The van der Waals surface area contributed by atoms with E-state index in [1.54, 1.807) is 24.3 Å². The number of anilines is 1. The van der Waals surface area contributed by atoms with E-state index in [0.29, 0.717) is 5.69 Å². The van der Waals surface area contributed by atoms with E-state index in [2.05, 4.69) is 4.72 Å². The van der Waals surface area contributed by atoms with Gasteiger partial charge in [0.2, 0.25) is 0 Å². The van der Waals surface area contributed by atoms with Crippen molar-refractivity contribution in [1.29, 1.82) is 0 Å². The summed E-state index contributed by atoms with van der Waals surface area (Å²) >= 11 is -2.36. The summed E-state index contributed by atoms with van der Waals surface area (Å²) in [7, 11) is 0. The molecule has 0 aromatic heterocycles. The van der Waals surface area contributed by atoms with Gasteiger partial charge in [-0.25, -0.2) is 0 Å². The van der Waals surface area contributed by atoms with E-state index < -0.39 is 23.3 Å². The van der Waals surface area contributed by atoms with Crippen LogP contribution in [0.4, 0.5) is 5.69 Å². The molecule has 6 nitrogen and oxygen atoms in total. The van der Waals surface area contributed by atoms with Gasteiger partial charge in [0.05, 0.1) is 0 Å². The van der Waals surface area contributed by atoms with Crippen LogP contribution in [0.5, 0.6) is 0 Å². The number of hydrogen-bond acceptors (Lipinski definition) is 4. The molecule has 0 aliphatic heterocycles. The van der Waals surface area contributed by atoms with Gasteiger partial charge >= 0.3 is 5.97 Å². The van der Waals surface area contributed by atoms with Crippen LogP contribution >= 0.6 is 0 Å². The lowest BCUT2D eigenvalue weighted by atomic mass is 10.1. The van der Waals surface area contributed by atoms with Crippen LogP contribution in [0.1, 0.15) is 5.56 Å². The van der Waals surface area contributed by atoms with E-state index in [4.69, 9.17) is 10.8 Å². The number of carboxylic acid groups (broad SMARTS) is 1. The summed E-state index contributed by atoms with van der Waals surface area (Å²) in [4.78, 5) is 10.5. The fourth-order valence-corrected chi connectivity index (χ4v) is 1.47. The van der Waals surface area contributed by atoms with Crippen LogP contribution in [0.15, 0.2) is 24.3 Å². The lowest BCUT2D eigenvalue weighted by Crippen LogP contribution is -2.32. The zero-order chi connectivity index (χ0) is 12.1. The van der Waals surface area contributed by atoms with Gasteiger partial charge in [-0.1, -0.05) is 12.1 Å². The number of carbonyl (C=O) groups is 1. The lowest BCUT2D eigenvalue weighted by Gasteiger charge is -2.10. The highest BCUT2D eigenvalue weighted by Crippen LogP contribution is 2.11. The topological polar surface area (TPSA) is 115 Å². The maximum Gasteiger partial charge on any atom is 0.320 e. The van der Waals surface area contributed by atoms with Gasteiger partial charge in [0, 0.05) is 17.0 Å². The van der Waals surface area contributed by atoms with Crippen molar-refractivity contribution in [3.63, 3.8) is 0 Å². The van der Waals surface area contributed by atoms with E-state index in [0.717, 1.165) is 5.56 Å². The predicted octanol–water partition coefficient (Wildman–Crippen LogP) is -0.153. The summed E-state index contributed by atoms with van der Waals surface area (Å²) in [5, 5.41) is 8.60. The minimum absolute atomic E-state index is 0.204. The third kappa shape index (κ3) is 3.97. The maximum absolute atomic E-state index is 10.5. The average Bonchev–Trinajstić information content (AvgIpc) is 2.20. The van der Waals surface area contributed by atoms with Crippen LogP contribution in [-0.2, 0) is 22.5 Å². The molecule has 2 atom stereocenters. The van der Waals surface area contributed by atoms with Crippen LogP contribution in [0, 0.1) is 0 Å². The Labute approximate surface area is 94.9 Å². The second-order valence-electron chi connectivity index (χ2n) is 3.18. The molecule has 0 aliphatic carbocycles. The van der Waals surface area contributed by atoms with Crippen molar-refractivity contribution in [3.05, 3.63) is 29.8 Å². The maximum atomic E-state index is 10.5. The fourth-order valence-electron chi connectivity index (χ4n) is 1.15. The summed E-state index contributed by atoms with van der Waals surface area (Å²) in [5.41, 5.74) is 6.50. The van der Waals surface area contributed by atoms with Gasteiger partial charge in [0.25, 0.3) is 0 Å². The molecule has 1 aromatic carbocycles. The van der Waals surface area contributed by atoms with Crippen LogP contribution in [0.25, 0.3) is 0 Å². The molecule has 0 spiro atoms. The second kappa shape index (κ2) is 5.59. The van der Waals surface area contributed by atoms with Crippen molar-refractivity contribution in [2.45, 2.75) is 12.5 Å². The monoisotopic (exact) mass is 243 g/mol. The van der Waals surface area contributed by atoms with Crippen molar-refractivity contribution in [2.24, 2.45) is 5.73 Å². The first kappa shape index (κ1) is 12.6. The van der Waals surface area contributed by atoms with Crippen molar-refractivity contribution >= 4 is 22.9 Å². The van der Waals surface area contributed by atoms with E-state index in [1.807, 2.05) is 0 Å². The number of nitrogens with one attached hydrogen (secondary N) is 1. The summed E-state index contributed by atoms with van der Waals surface area (Å²) in [6, 6.07) is 5.38. The normalized spacial score (nSPS) is 14.1. The first-order chi connectivity index (χ1) is 7.49. The first-order valence-corrected chi connectivity index (χ1v) is 5.50. The van der Waals surface area contributed by atoms with Crippen molar-refractivity contribution < 1.29 is 18.7 Å². The Morgan fingerprint density at radius 1 is 1.50 bits per heavy atom. The number of hydrogen-bond donors (Lipinski definition) is 3. The van der Waals surface area contributed by atoms with Crippen molar-refractivity contribution in [2.75, 3.05) is 4.72 Å². The van der Waals surface area contributed by atoms with E-state index in [1.165, 1.54) is 0 Å². The minimum Gasteiger partial charge on any atom is -0.755 e. The molecule has 0 saturated heterocycles. The molecule has 7 heteroatoms. The molecule has 88 valence electrons. The van der Waals surface area contributed by atoms with Gasteiger partial charge in [0.15, 0.2) is 0 Å². The molecule has 0 saturated carbocycles. The third-order valence-electron chi connectivity index (χ3n) is 1.93. The molecule has 0 fully saturated rings. The molecule has 4 N–H and O–H groups in total. The Kier molecular flexibility index (Phi) is 4.41. The number of benzene rings is 1. The van der Waals surface area contributed by atoms with E-state index in [9.17, 15) is 13.6 Å². The molecule has 1 aromatic rings. The van der Waals surface area contributed by atoms with Gasteiger partial charge in [-0.05, 0) is 24.1 Å². The van der Waals surface area contributed by atoms with Crippen LogP contribution in [0.2, 0.25) is 0 Å². The average molecular weight is 243 g/mol. The number of carboxylic acids is 1. The molecule has 0 aliphatic rings. The molecule has 0 radical (unpaired) electrons. The lowest BCUT2D eigenvalue weighted by molar-refractivity contribution is -0.138. The molecule has 0 amide bonds. The number of rotatable bonds is 5. The molecule has 0 heterocycles. The minimum atomic E-state index is -2.36. The zero-order valence-corrected chi connectivity index (χ0v) is 9.07. The van der Waals surface area contributed by atoms with Crippen molar-refractivity contribution in [3.8, 4) is 0 Å². The van der Waals surface area contributed by atoms with Gasteiger partial charge in [-0.2, -0.15) is 0 Å². The molecule has 1 unspecified atom stereocenters. The molecular weight excluding hydrogens is 232 g/mol. The Hall–Kier alpha value is -1.44. The SMILES string of the molecule is N[C@@H](Cc1ccc(NS(=O)[O-])cc1)C(=O)O. The molecule has 0 bridgehead atoms. The Bertz CT molecular complexity index is 393. The highest BCUT2D eigenvalue weighted by molar-refractivity contribution is 7.80. The van der Waals surface area contributed by atoms with E-state index >= 15 is 0 Å². The predicted molar refractivity (Wildman–Crippen MR) is 58.3 cm³/mol. The highest BCUT2D eigenvalue weighted by Gasteiger charge is 2.11. The molecular formula is C9H11N2O4S-. The Balaban J connectivity index is 2.64.